The second kappa shape index (κ2) is 8.93. The van der Waals surface area contributed by atoms with Crippen LogP contribution in [0.4, 0.5) is 5.69 Å². The van der Waals surface area contributed by atoms with Crippen molar-refractivity contribution in [3.8, 4) is 0 Å². The van der Waals surface area contributed by atoms with E-state index in [1.165, 1.54) is 5.69 Å². The molecular formula is C26H24ClN3OS. The van der Waals surface area contributed by atoms with Crippen molar-refractivity contribution in [1.82, 2.24) is 9.88 Å². The molecule has 0 atom stereocenters. The van der Waals surface area contributed by atoms with Gasteiger partial charge in [-0.15, -0.1) is 0 Å². The van der Waals surface area contributed by atoms with Gasteiger partial charge in [0.2, 0.25) is 0 Å². The molecule has 0 saturated carbocycles. The number of fused-ring (bicyclic) bond motifs is 1. The summed E-state index contributed by atoms with van der Waals surface area (Å²) in [6.45, 7) is 5.13. The number of halogens is 1. The minimum Gasteiger partial charge on any atom is -0.368 e. The second-order valence-corrected chi connectivity index (χ2v) is 9.57. The summed E-state index contributed by atoms with van der Waals surface area (Å²) >= 11 is 7.67. The Balaban J connectivity index is 1.42. The van der Waals surface area contributed by atoms with Gasteiger partial charge in [-0.25, -0.2) is 0 Å². The first-order valence-electron chi connectivity index (χ1n) is 10.7. The van der Waals surface area contributed by atoms with Gasteiger partial charge in [-0.05, 0) is 55.0 Å². The molecule has 4 aromatic rings. The summed E-state index contributed by atoms with van der Waals surface area (Å²) in [5.41, 5.74) is 4.03. The lowest BCUT2D eigenvalue weighted by Gasteiger charge is -2.36. The molecule has 0 unspecified atom stereocenters. The highest BCUT2D eigenvalue weighted by Crippen LogP contribution is 2.38. The van der Waals surface area contributed by atoms with E-state index in [0.29, 0.717) is 23.8 Å². The lowest BCUT2D eigenvalue weighted by molar-refractivity contribution is 0.0738. The highest BCUT2D eigenvalue weighted by Gasteiger charge is 2.27. The Kier molecular flexibility index (Phi) is 5.85. The zero-order chi connectivity index (χ0) is 22.1. The molecular weight excluding hydrogens is 438 g/mol. The van der Waals surface area contributed by atoms with Gasteiger partial charge in [0.25, 0.3) is 5.91 Å². The third-order valence-corrected chi connectivity index (χ3v) is 7.23. The summed E-state index contributed by atoms with van der Waals surface area (Å²) in [6.07, 6.45) is 0. The largest absolute Gasteiger partial charge is 0.368 e. The summed E-state index contributed by atoms with van der Waals surface area (Å²) < 4.78 is 0. The Bertz CT molecular complexity index is 1250. The molecule has 1 aromatic heterocycles. The predicted molar refractivity (Wildman–Crippen MR) is 133 cm³/mol. The Morgan fingerprint density at radius 3 is 2.38 bits per heavy atom. The van der Waals surface area contributed by atoms with Crippen molar-refractivity contribution in [2.45, 2.75) is 16.7 Å². The minimum atomic E-state index is 0.0584. The number of nitrogens with zero attached hydrogens (tertiary/aromatic N) is 2. The molecule has 1 fully saturated rings. The van der Waals surface area contributed by atoms with E-state index in [1.54, 1.807) is 11.8 Å². The molecule has 2 heterocycles. The van der Waals surface area contributed by atoms with Crippen molar-refractivity contribution in [2.75, 3.05) is 31.1 Å². The topological polar surface area (TPSA) is 39.3 Å². The molecule has 1 saturated heterocycles. The maximum absolute atomic E-state index is 13.6. The van der Waals surface area contributed by atoms with Crippen LogP contribution in [-0.4, -0.2) is 42.0 Å². The first-order valence-corrected chi connectivity index (χ1v) is 11.9. The van der Waals surface area contributed by atoms with Gasteiger partial charge in [-0.1, -0.05) is 53.7 Å². The number of H-pyrrole nitrogens is 1. The van der Waals surface area contributed by atoms with Crippen LogP contribution >= 0.6 is 23.4 Å². The number of aromatic amines is 1. The van der Waals surface area contributed by atoms with Crippen molar-refractivity contribution in [2.24, 2.45) is 0 Å². The second-order valence-electron chi connectivity index (χ2n) is 8.05. The van der Waals surface area contributed by atoms with Gasteiger partial charge in [0.1, 0.15) is 5.69 Å². The van der Waals surface area contributed by atoms with Crippen LogP contribution in [-0.2, 0) is 0 Å². The molecule has 1 N–H and O–H groups in total. The van der Waals surface area contributed by atoms with E-state index in [4.69, 9.17) is 11.6 Å². The number of benzene rings is 3. The molecule has 5 rings (SSSR count). The van der Waals surface area contributed by atoms with E-state index >= 15 is 0 Å². The van der Waals surface area contributed by atoms with Crippen LogP contribution in [0.1, 0.15) is 16.1 Å². The number of amides is 1. The van der Waals surface area contributed by atoms with Crippen molar-refractivity contribution in [1.29, 1.82) is 0 Å². The minimum absolute atomic E-state index is 0.0584. The lowest BCUT2D eigenvalue weighted by atomic mass is 10.2. The van der Waals surface area contributed by atoms with Gasteiger partial charge < -0.3 is 14.8 Å². The molecule has 0 aliphatic carbocycles. The van der Waals surface area contributed by atoms with Crippen LogP contribution in [0.2, 0.25) is 5.02 Å². The average Bonchev–Trinajstić information content (AvgIpc) is 3.18. The number of nitrogens with one attached hydrogen (secondary N) is 1. The smallest absolute Gasteiger partial charge is 0.271 e. The van der Waals surface area contributed by atoms with Gasteiger partial charge in [-0.3, -0.25) is 4.79 Å². The predicted octanol–water partition coefficient (Wildman–Crippen LogP) is 6.24. The molecule has 0 radical (unpaired) electrons. The summed E-state index contributed by atoms with van der Waals surface area (Å²) in [5.74, 6) is 0.0584. The SMILES string of the molecule is Cc1ccc2c(Sc3ccc(Cl)cc3)c(C(=O)N3CCN(c4ccccc4)CC3)[nH]c2c1. The van der Waals surface area contributed by atoms with Crippen molar-refractivity contribution >= 4 is 45.9 Å². The van der Waals surface area contributed by atoms with E-state index in [1.807, 2.05) is 35.2 Å². The molecule has 4 nitrogen and oxygen atoms in total. The first-order chi connectivity index (χ1) is 15.6. The number of carbonyl (C=O) groups is 1. The Labute approximate surface area is 197 Å². The van der Waals surface area contributed by atoms with Crippen LogP contribution < -0.4 is 4.90 Å². The number of carbonyl (C=O) groups excluding carboxylic acids is 1. The molecule has 1 aliphatic rings. The van der Waals surface area contributed by atoms with E-state index in [-0.39, 0.29) is 5.91 Å². The van der Waals surface area contributed by atoms with Gasteiger partial charge >= 0.3 is 0 Å². The maximum Gasteiger partial charge on any atom is 0.271 e. The van der Waals surface area contributed by atoms with Crippen molar-refractivity contribution in [3.63, 3.8) is 0 Å². The molecule has 6 heteroatoms. The van der Waals surface area contributed by atoms with E-state index in [2.05, 4.69) is 59.3 Å². The number of anilines is 1. The lowest BCUT2D eigenvalue weighted by Crippen LogP contribution is -2.49. The number of rotatable bonds is 4. The molecule has 1 amide bonds. The zero-order valence-corrected chi connectivity index (χ0v) is 19.4. The summed E-state index contributed by atoms with van der Waals surface area (Å²) in [7, 11) is 0. The van der Waals surface area contributed by atoms with Crippen molar-refractivity contribution < 1.29 is 4.79 Å². The highest BCUT2D eigenvalue weighted by atomic mass is 35.5. The summed E-state index contributed by atoms with van der Waals surface area (Å²) in [5, 5.41) is 1.78. The third kappa shape index (κ3) is 4.23. The number of piperazine rings is 1. The fourth-order valence-corrected chi connectivity index (χ4v) is 5.29. The Morgan fingerprint density at radius 2 is 1.66 bits per heavy atom. The van der Waals surface area contributed by atoms with Crippen LogP contribution in [0.15, 0.2) is 82.6 Å². The van der Waals surface area contributed by atoms with Crippen molar-refractivity contribution in [3.05, 3.63) is 89.1 Å². The van der Waals surface area contributed by atoms with E-state index in [9.17, 15) is 4.79 Å². The number of aromatic nitrogens is 1. The molecule has 162 valence electrons. The van der Waals surface area contributed by atoms with Gasteiger partial charge in [0.05, 0.1) is 4.90 Å². The first kappa shape index (κ1) is 21.0. The molecule has 0 bridgehead atoms. The third-order valence-electron chi connectivity index (χ3n) is 5.84. The monoisotopic (exact) mass is 461 g/mol. The number of aryl methyl sites for hydroxylation is 1. The Hall–Kier alpha value is -2.89. The molecule has 1 aliphatic heterocycles. The zero-order valence-electron chi connectivity index (χ0n) is 17.8. The number of hydrogen-bond donors (Lipinski definition) is 1. The average molecular weight is 462 g/mol. The Morgan fingerprint density at radius 1 is 0.938 bits per heavy atom. The number of hydrogen-bond acceptors (Lipinski definition) is 3. The fourth-order valence-electron chi connectivity index (χ4n) is 4.13. The van der Waals surface area contributed by atoms with Crippen LogP contribution in [0.5, 0.6) is 0 Å². The van der Waals surface area contributed by atoms with Gasteiger partial charge in [0.15, 0.2) is 0 Å². The summed E-state index contributed by atoms with van der Waals surface area (Å²) in [6, 6.07) is 24.4. The van der Waals surface area contributed by atoms with Crippen LogP contribution in [0.3, 0.4) is 0 Å². The highest BCUT2D eigenvalue weighted by molar-refractivity contribution is 7.99. The molecule has 0 spiro atoms. The standard InChI is InChI=1S/C26H24ClN3OS/c1-18-7-12-22-23(17-18)28-24(25(22)32-21-10-8-19(27)9-11-21)26(31)30-15-13-29(14-16-30)20-5-3-2-4-6-20/h2-12,17,28H,13-16H2,1H3. The maximum atomic E-state index is 13.6. The number of para-hydroxylation sites is 1. The normalized spacial score (nSPS) is 14.2. The summed E-state index contributed by atoms with van der Waals surface area (Å²) in [4.78, 5) is 23.4. The van der Waals surface area contributed by atoms with Gasteiger partial charge in [0, 0.05) is 52.7 Å². The quantitative estimate of drug-likeness (QED) is 0.390. The fraction of sp³-hybridized carbons (Fsp3) is 0.192. The van der Waals surface area contributed by atoms with Gasteiger partial charge in [-0.2, -0.15) is 0 Å². The van der Waals surface area contributed by atoms with Crippen LogP contribution in [0.25, 0.3) is 10.9 Å². The molecule has 3 aromatic carbocycles. The van der Waals surface area contributed by atoms with E-state index in [0.717, 1.165) is 39.3 Å². The van der Waals surface area contributed by atoms with E-state index < -0.39 is 0 Å². The molecule has 32 heavy (non-hydrogen) atoms. The van der Waals surface area contributed by atoms with Crippen LogP contribution in [0, 0.1) is 6.92 Å².